The fourth-order valence-corrected chi connectivity index (χ4v) is 3.14. The lowest BCUT2D eigenvalue weighted by molar-refractivity contribution is 0.102. The van der Waals surface area contributed by atoms with E-state index in [0.717, 1.165) is 10.1 Å². The molecular weight excluding hydrogens is 402 g/mol. The van der Waals surface area contributed by atoms with Gasteiger partial charge in [-0.2, -0.15) is 10.2 Å². The molecule has 0 unspecified atom stereocenters. The summed E-state index contributed by atoms with van der Waals surface area (Å²) in [5.74, 6) is -0.518. The van der Waals surface area contributed by atoms with Crippen molar-refractivity contribution in [3.8, 4) is 0 Å². The van der Waals surface area contributed by atoms with Crippen LogP contribution in [0, 0.1) is 6.92 Å². The highest BCUT2D eigenvalue weighted by Crippen LogP contribution is 2.22. The minimum Gasteiger partial charge on any atom is -0.319 e. The maximum Gasteiger partial charge on any atom is 0.280 e. The number of halogens is 3. The summed E-state index contributed by atoms with van der Waals surface area (Å²) < 4.78 is 29.1. The van der Waals surface area contributed by atoms with Crippen molar-refractivity contribution in [1.29, 1.82) is 0 Å². The van der Waals surface area contributed by atoms with Gasteiger partial charge in [0.15, 0.2) is 5.65 Å². The van der Waals surface area contributed by atoms with Gasteiger partial charge in [0.25, 0.3) is 12.3 Å². The maximum absolute atomic E-state index is 13.2. The summed E-state index contributed by atoms with van der Waals surface area (Å²) in [6.07, 6.45) is 1.62. The third-order valence-corrected chi connectivity index (χ3v) is 4.65. The van der Waals surface area contributed by atoms with Crippen LogP contribution in [0.3, 0.4) is 0 Å². The van der Waals surface area contributed by atoms with Crippen molar-refractivity contribution in [2.75, 3.05) is 5.32 Å². The van der Waals surface area contributed by atoms with E-state index in [1.165, 1.54) is 18.5 Å². The highest BCUT2D eigenvalue weighted by atomic mass is 35.5. The minimum atomic E-state index is -2.74. The number of alkyl halides is 2. The SMILES string of the molecule is Cc1cc(C(F)F)n2ncc(C(=O)Nc3cnn(Cc4ccccc4Cl)c3)c2n1. The van der Waals surface area contributed by atoms with Crippen molar-refractivity contribution in [3.63, 3.8) is 0 Å². The van der Waals surface area contributed by atoms with Crippen LogP contribution in [-0.2, 0) is 6.54 Å². The molecule has 29 heavy (non-hydrogen) atoms. The first-order chi connectivity index (χ1) is 13.9. The Bertz CT molecular complexity index is 1200. The largest absolute Gasteiger partial charge is 0.319 e. The highest BCUT2D eigenvalue weighted by molar-refractivity contribution is 6.31. The zero-order chi connectivity index (χ0) is 20.5. The number of aryl methyl sites for hydroxylation is 1. The van der Waals surface area contributed by atoms with Gasteiger partial charge >= 0.3 is 0 Å². The Kier molecular flexibility index (Phi) is 4.98. The topological polar surface area (TPSA) is 77.1 Å². The molecule has 0 atom stereocenters. The summed E-state index contributed by atoms with van der Waals surface area (Å²) in [7, 11) is 0. The van der Waals surface area contributed by atoms with Crippen molar-refractivity contribution in [2.45, 2.75) is 19.9 Å². The average Bonchev–Trinajstić information content (AvgIpc) is 3.29. The molecule has 0 aliphatic rings. The number of carbonyl (C=O) groups excluding carboxylic acids is 1. The Balaban J connectivity index is 1.56. The van der Waals surface area contributed by atoms with E-state index in [9.17, 15) is 13.6 Å². The molecule has 1 amide bonds. The fourth-order valence-electron chi connectivity index (χ4n) is 2.94. The van der Waals surface area contributed by atoms with Gasteiger partial charge < -0.3 is 5.32 Å². The number of fused-ring (bicyclic) bond motifs is 1. The number of nitrogens with one attached hydrogen (secondary N) is 1. The summed E-state index contributed by atoms with van der Waals surface area (Å²) >= 11 is 6.16. The molecule has 3 heterocycles. The Hall–Kier alpha value is -3.33. The van der Waals surface area contributed by atoms with Crippen LogP contribution in [0.25, 0.3) is 5.65 Å². The fraction of sp³-hybridized carbons (Fsp3) is 0.158. The quantitative estimate of drug-likeness (QED) is 0.530. The van der Waals surface area contributed by atoms with E-state index >= 15 is 0 Å². The van der Waals surface area contributed by atoms with Gasteiger partial charge in [0.2, 0.25) is 0 Å². The first kappa shape index (κ1) is 19.0. The predicted octanol–water partition coefficient (Wildman–Crippen LogP) is 4.13. The molecular formula is C19H15ClF2N6O. The molecule has 0 aliphatic carbocycles. The summed E-state index contributed by atoms with van der Waals surface area (Å²) in [6.45, 7) is 2.02. The monoisotopic (exact) mass is 416 g/mol. The smallest absolute Gasteiger partial charge is 0.280 e. The van der Waals surface area contributed by atoms with Crippen LogP contribution in [0.4, 0.5) is 14.5 Å². The lowest BCUT2D eigenvalue weighted by atomic mass is 10.2. The number of anilines is 1. The summed E-state index contributed by atoms with van der Waals surface area (Å²) in [5, 5.41) is 11.4. The number of amides is 1. The van der Waals surface area contributed by atoms with Crippen molar-refractivity contribution in [1.82, 2.24) is 24.4 Å². The van der Waals surface area contributed by atoms with Crippen molar-refractivity contribution in [3.05, 3.63) is 76.5 Å². The third kappa shape index (κ3) is 3.81. The Morgan fingerprint density at radius 1 is 1.24 bits per heavy atom. The highest BCUT2D eigenvalue weighted by Gasteiger charge is 2.20. The molecule has 0 radical (unpaired) electrons. The number of benzene rings is 1. The van der Waals surface area contributed by atoms with Crippen molar-refractivity contribution in [2.24, 2.45) is 0 Å². The second-order valence-corrected chi connectivity index (χ2v) is 6.80. The van der Waals surface area contributed by atoms with Gasteiger partial charge in [-0.1, -0.05) is 29.8 Å². The van der Waals surface area contributed by atoms with E-state index in [1.54, 1.807) is 23.9 Å². The van der Waals surface area contributed by atoms with Crippen molar-refractivity contribution >= 4 is 28.8 Å². The van der Waals surface area contributed by atoms with Crippen LogP contribution < -0.4 is 5.32 Å². The lowest BCUT2D eigenvalue weighted by Gasteiger charge is -2.06. The predicted molar refractivity (Wildman–Crippen MR) is 103 cm³/mol. The molecule has 4 aromatic rings. The summed E-state index contributed by atoms with van der Waals surface area (Å²) in [5.41, 5.74) is 1.55. The molecule has 0 bridgehead atoms. The van der Waals surface area contributed by atoms with Crippen LogP contribution in [0.1, 0.15) is 33.7 Å². The molecule has 1 aromatic carbocycles. The summed E-state index contributed by atoms with van der Waals surface area (Å²) in [4.78, 5) is 16.8. The zero-order valence-electron chi connectivity index (χ0n) is 15.2. The molecule has 3 aromatic heterocycles. The molecule has 10 heteroatoms. The average molecular weight is 417 g/mol. The molecule has 7 nitrogen and oxygen atoms in total. The van der Waals surface area contributed by atoms with Crippen LogP contribution in [0.5, 0.6) is 0 Å². The van der Waals surface area contributed by atoms with E-state index in [0.29, 0.717) is 22.9 Å². The normalized spacial score (nSPS) is 11.3. The number of hydrogen-bond acceptors (Lipinski definition) is 4. The van der Waals surface area contributed by atoms with Crippen molar-refractivity contribution < 1.29 is 13.6 Å². The molecule has 0 aliphatic heterocycles. The van der Waals surface area contributed by atoms with Gasteiger partial charge in [0.05, 0.1) is 24.6 Å². The van der Waals surface area contributed by atoms with E-state index in [2.05, 4.69) is 20.5 Å². The van der Waals surface area contributed by atoms with Crippen LogP contribution in [-0.4, -0.2) is 30.3 Å². The van der Waals surface area contributed by atoms with Gasteiger partial charge in [-0.15, -0.1) is 0 Å². The van der Waals surface area contributed by atoms with Crippen LogP contribution in [0.15, 0.2) is 48.9 Å². The zero-order valence-corrected chi connectivity index (χ0v) is 15.9. The minimum absolute atomic E-state index is 0.0706. The number of rotatable bonds is 5. The molecule has 0 spiro atoms. The molecule has 0 fully saturated rings. The molecule has 0 saturated heterocycles. The number of nitrogens with zero attached hydrogens (tertiary/aromatic N) is 5. The number of hydrogen-bond donors (Lipinski definition) is 1. The van der Waals surface area contributed by atoms with Gasteiger partial charge in [-0.3, -0.25) is 9.48 Å². The van der Waals surface area contributed by atoms with E-state index in [-0.39, 0.29) is 16.9 Å². The molecule has 0 saturated carbocycles. The Morgan fingerprint density at radius 2 is 2.03 bits per heavy atom. The van der Waals surface area contributed by atoms with E-state index in [4.69, 9.17) is 11.6 Å². The Labute approximate surface area is 168 Å². The van der Waals surface area contributed by atoms with Crippen LogP contribution in [0.2, 0.25) is 5.02 Å². The van der Waals surface area contributed by atoms with Gasteiger partial charge in [0, 0.05) is 16.9 Å². The second-order valence-electron chi connectivity index (χ2n) is 6.39. The first-order valence-electron chi connectivity index (χ1n) is 8.63. The Morgan fingerprint density at radius 3 is 2.79 bits per heavy atom. The van der Waals surface area contributed by atoms with Gasteiger partial charge in [-0.05, 0) is 24.6 Å². The number of aromatic nitrogens is 5. The first-order valence-corrected chi connectivity index (χ1v) is 9.01. The molecule has 4 rings (SSSR count). The lowest BCUT2D eigenvalue weighted by Crippen LogP contribution is -2.12. The van der Waals surface area contributed by atoms with Gasteiger partial charge in [0.1, 0.15) is 11.3 Å². The van der Waals surface area contributed by atoms with E-state index < -0.39 is 12.3 Å². The van der Waals surface area contributed by atoms with Crippen LogP contribution >= 0.6 is 11.6 Å². The third-order valence-electron chi connectivity index (χ3n) is 4.28. The number of carbonyl (C=O) groups is 1. The second kappa shape index (κ2) is 7.59. The standard InChI is InChI=1S/C19H15ClF2N6O/c1-11-6-16(17(21)22)28-18(25-11)14(8-24-28)19(29)26-13-7-23-27(10-13)9-12-4-2-3-5-15(12)20/h2-8,10,17H,9H2,1H3,(H,26,29). The maximum atomic E-state index is 13.2. The molecule has 148 valence electrons. The molecule has 1 N–H and O–H groups in total. The van der Waals surface area contributed by atoms with E-state index in [1.807, 2.05) is 18.2 Å². The van der Waals surface area contributed by atoms with Gasteiger partial charge in [-0.25, -0.2) is 18.3 Å². The summed E-state index contributed by atoms with van der Waals surface area (Å²) in [6, 6.07) is 8.63.